The van der Waals surface area contributed by atoms with Gasteiger partial charge in [0.15, 0.2) is 6.29 Å². The lowest BCUT2D eigenvalue weighted by Crippen LogP contribution is -1.74. The molecule has 0 fully saturated rings. The molecule has 0 amide bonds. The number of hydrogen-bond acceptors (Lipinski definition) is 3. The van der Waals surface area contributed by atoms with Gasteiger partial charge in [-0.1, -0.05) is 0 Å². The highest BCUT2D eigenvalue weighted by Gasteiger charge is 1.98. The largest absolute Gasteiger partial charge is 0.297 e. The van der Waals surface area contributed by atoms with E-state index in [-0.39, 0.29) is 0 Å². The molecule has 0 aliphatic carbocycles. The van der Waals surface area contributed by atoms with Gasteiger partial charge in [0, 0.05) is 0 Å². The Morgan fingerprint density at radius 2 is 2.56 bits per heavy atom. The topological polar surface area (TPSA) is 40.9 Å². The Labute approximate surface area is 56.4 Å². The van der Waals surface area contributed by atoms with Crippen molar-refractivity contribution in [3.63, 3.8) is 0 Å². The maximum absolute atomic E-state index is 10.1. The van der Waals surface area contributed by atoms with Crippen LogP contribution in [0.15, 0.2) is 11.4 Å². The van der Waals surface area contributed by atoms with Gasteiger partial charge >= 0.3 is 0 Å². The minimum atomic E-state index is 0.468. The number of aldehydes is 1. The lowest BCUT2D eigenvalue weighted by atomic mass is 10.3. The zero-order valence-electron chi connectivity index (χ0n) is 4.50. The second-order valence-electron chi connectivity index (χ2n) is 1.43. The first-order valence-electron chi connectivity index (χ1n) is 2.31. The first kappa shape index (κ1) is 5.99. The van der Waals surface area contributed by atoms with Gasteiger partial charge in [-0.2, -0.15) is 5.26 Å². The summed E-state index contributed by atoms with van der Waals surface area (Å²) in [6, 6.07) is 3.54. The van der Waals surface area contributed by atoms with E-state index in [1.165, 1.54) is 11.3 Å². The molecule has 1 rings (SSSR count). The van der Waals surface area contributed by atoms with E-state index in [1.807, 2.05) is 6.07 Å². The van der Waals surface area contributed by atoms with Gasteiger partial charge in [-0.15, -0.1) is 11.3 Å². The lowest BCUT2D eigenvalue weighted by molar-refractivity contribution is 0.112. The highest BCUT2D eigenvalue weighted by Crippen LogP contribution is 2.11. The molecular formula is C6H3NOS. The number of thiophene rings is 1. The summed E-state index contributed by atoms with van der Waals surface area (Å²) in [6.45, 7) is 0. The van der Waals surface area contributed by atoms with E-state index < -0.39 is 0 Å². The van der Waals surface area contributed by atoms with Crippen LogP contribution in [0.2, 0.25) is 0 Å². The molecule has 9 heavy (non-hydrogen) atoms. The summed E-state index contributed by atoms with van der Waals surface area (Å²) in [5, 5.41) is 10.1. The second-order valence-corrected chi connectivity index (χ2v) is 2.38. The molecule has 0 atom stereocenters. The van der Waals surface area contributed by atoms with Gasteiger partial charge in [0.2, 0.25) is 0 Å². The van der Waals surface area contributed by atoms with E-state index in [4.69, 9.17) is 5.26 Å². The van der Waals surface area contributed by atoms with E-state index in [1.54, 1.807) is 11.4 Å². The zero-order chi connectivity index (χ0) is 6.69. The van der Waals surface area contributed by atoms with Gasteiger partial charge in [-0.3, -0.25) is 4.79 Å². The van der Waals surface area contributed by atoms with Crippen LogP contribution in [0, 0.1) is 11.3 Å². The van der Waals surface area contributed by atoms with Crippen LogP contribution in [0.3, 0.4) is 0 Å². The summed E-state index contributed by atoms with van der Waals surface area (Å²) in [5.41, 5.74) is 0.468. The van der Waals surface area contributed by atoms with Crippen molar-refractivity contribution in [2.45, 2.75) is 0 Å². The first-order valence-corrected chi connectivity index (χ1v) is 3.19. The summed E-state index contributed by atoms with van der Waals surface area (Å²) in [5.74, 6) is 0. The average Bonchev–Trinajstić information content (AvgIpc) is 2.33. The minimum Gasteiger partial charge on any atom is -0.297 e. The molecule has 0 saturated heterocycles. The number of rotatable bonds is 1. The SMILES string of the molecule is N#Cc1ccsc1C=O. The van der Waals surface area contributed by atoms with Gasteiger partial charge in [0.25, 0.3) is 0 Å². The van der Waals surface area contributed by atoms with Crippen molar-refractivity contribution in [3.8, 4) is 6.07 Å². The second kappa shape index (κ2) is 2.42. The summed E-state index contributed by atoms with van der Waals surface area (Å²) < 4.78 is 0. The maximum atomic E-state index is 10.1. The van der Waals surface area contributed by atoms with Crippen LogP contribution in [0.5, 0.6) is 0 Å². The summed E-state index contributed by atoms with van der Waals surface area (Å²) in [7, 11) is 0. The Morgan fingerprint density at radius 1 is 1.78 bits per heavy atom. The third-order valence-corrected chi connectivity index (χ3v) is 1.76. The molecule has 0 aliphatic rings. The molecule has 1 aromatic rings. The van der Waals surface area contributed by atoms with Crippen LogP contribution in [0.1, 0.15) is 15.2 Å². The van der Waals surface area contributed by atoms with Crippen LogP contribution < -0.4 is 0 Å². The molecule has 0 bridgehead atoms. The van der Waals surface area contributed by atoms with Gasteiger partial charge in [0.05, 0.1) is 10.4 Å². The van der Waals surface area contributed by atoms with Crippen LogP contribution in [0.25, 0.3) is 0 Å². The molecule has 0 saturated carbocycles. The van der Waals surface area contributed by atoms with Crippen molar-refractivity contribution < 1.29 is 4.79 Å². The predicted octanol–water partition coefficient (Wildman–Crippen LogP) is 1.43. The number of carbonyl (C=O) groups excluding carboxylic acids is 1. The predicted molar refractivity (Wildman–Crippen MR) is 34.4 cm³/mol. The van der Waals surface area contributed by atoms with Crippen LogP contribution >= 0.6 is 11.3 Å². The molecule has 44 valence electrons. The number of nitriles is 1. The monoisotopic (exact) mass is 137 g/mol. The quantitative estimate of drug-likeness (QED) is 0.549. The Kier molecular flexibility index (Phi) is 1.61. The van der Waals surface area contributed by atoms with Gasteiger partial charge in [-0.05, 0) is 11.4 Å². The molecule has 0 N–H and O–H groups in total. The van der Waals surface area contributed by atoms with Gasteiger partial charge in [0.1, 0.15) is 6.07 Å². The lowest BCUT2D eigenvalue weighted by Gasteiger charge is -1.76. The summed E-state index contributed by atoms with van der Waals surface area (Å²) in [6.07, 6.45) is 0.698. The summed E-state index contributed by atoms with van der Waals surface area (Å²) >= 11 is 1.28. The molecule has 2 nitrogen and oxygen atoms in total. The summed E-state index contributed by atoms with van der Waals surface area (Å²) in [4.78, 5) is 10.6. The Bertz CT molecular complexity index is 258. The molecular weight excluding hydrogens is 134 g/mol. The van der Waals surface area contributed by atoms with Crippen molar-refractivity contribution in [1.29, 1.82) is 5.26 Å². The average molecular weight is 137 g/mol. The molecule has 0 radical (unpaired) electrons. The van der Waals surface area contributed by atoms with E-state index in [0.29, 0.717) is 16.7 Å². The Balaban J connectivity index is 3.17. The third kappa shape index (κ3) is 0.980. The first-order chi connectivity index (χ1) is 4.38. The fraction of sp³-hybridized carbons (Fsp3) is 0. The maximum Gasteiger partial charge on any atom is 0.161 e. The third-order valence-electron chi connectivity index (χ3n) is 0.923. The molecule has 0 unspecified atom stereocenters. The zero-order valence-corrected chi connectivity index (χ0v) is 5.31. The normalized spacial score (nSPS) is 8.33. The fourth-order valence-electron chi connectivity index (χ4n) is 0.505. The van der Waals surface area contributed by atoms with Crippen LogP contribution in [0.4, 0.5) is 0 Å². The molecule has 0 aromatic carbocycles. The number of carbonyl (C=O) groups is 1. The fourth-order valence-corrected chi connectivity index (χ4v) is 1.15. The molecule has 3 heteroatoms. The van der Waals surface area contributed by atoms with Crippen molar-refractivity contribution in [3.05, 3.63) is 21.9 Å². The van der Waals surface area contributed by atoms with E-state index in [2.05, 4.69) is 0 Å². The van der Waals surface area contributed by atoms with E-state index in [0.717, 1.165) is 0 Å². The highest BCUT2D eigenvalue weighted by atomic mass is 32.1. The standard InChI is InChI=1S/C6H3NOS/c7-3-5-1-2-9-6(5)4-8/h1-2,4H. The van der Waals surface area contributed by atoms with Crippen LogP contribution in [-0.2, 0) is 0 Å². The molecule has 0 spiro atoms. The van der Waals surface area contributed by atoms with Crippen LogP contribution in [-0.4, -0.2) is 6.29 Å². The minimum absolute atomic E-state index is 0.468. The van der Waals surface area contributed by atoms with Crippen molar-refractivity contribution in [2.75, 3.05) is 0 Å². The molecule has 1 heterocycles. The smallest absolute Gasteiger partial charge is 0.161 e. The van der Waals surface area contributed by atoms with E-state index >= 15 is 0 Å². The van der Waals surface area contributed by atoms with Crippen molar-refractivity contribution in [1.82, 2.24) is 0 Å². The number of hydrogen-bond donors (Lipinski definition) is 0. The van der Waals surface area contributed by atoms with Crippen molar-refractivity contribution >= 4 is 17.6 Å². The van der Waals surface area contributed by atoms with Gasteiger partial charge in [-0.25, -0.2) is 0 Å². The highest BCUT2D eigenvalue weighted by molar-refractivity contribution is 7.11. The van der Waals surface area contributed by atoms with E-state index in [9.17, 15) is 4.79 Å². The Morgan fingerprint density at radius 3 is 3.00 bits per heavy atom. The van der Waals surface area contributed by atoms with Crippen molar-refractivity contribution in [2.24, 2.45) is 0 Å². The Hall–Kier alpha value is -1.14. The molecule has 1 aromatic heterocycles. The molecule has 0 aliphatic heterocycles. The number of nitrogens with zero attached hydrogens (tertiary/aromatic N) is 1. The van der Waals surface area contributed by atoms with Gasteiger partial charge < -0.3 is 0 Å².